The standard InChI is InChI=1S/C20H25N3O5S.C2HF3O2/c1-3-28-16-5-7-17(8-6-16)29(26,27)21-18-14-15(20(24)25)4-9-19(18)23-12-10-22(2)11-13-23;3-2(4,5)1(6)7/h4-9,14,21H,3,10-13H2,1-2H3,(H,24,25);(H,6,7). The number of carbonyl (C=O) groups is 2. The second-order valence-electron chi connectivity index (χ2n) is 7.64. The third-order valence-corrected chi connectivity index (χ3v) is 6.40. The third kappa shape index (κ3) is 8.02. The molecule has 0 unspecified atom stereocenters. The van der Waals surface area contributed by atoms with Gasteiger partial charge < -0.3 is 24.7 Å². The average Bonchev–Trinajstić information content (AvgIpc) is 2.80. The Hall–Kier alpha value is -3.52. The van der Waals surface area contributed by atoms with Gasteiger partial charge in [-0.1, -0.05) is 0 Å². The molecule has 0 spiro atoms. The molecule has 3 N–H and O–H groups in total. The van der Waals surface area contributed by atoms with Crippen LogP contribution in [-0.2, 0) is 14.8 Å². The number of aromatic carboxylic acids is 1. The highest BCUT2D eigenvalue weighted by molar-refractivity contribution is 7.92. The molecule has 1 fully saturated rings. The van der Waals surface area contributed by atoms with Crippen LogP contribution >= 0.6 is 0 Å². The number of rotatable bonds is 7. The molecule has 36 heavy (non-hydrogen) atoms. The van der Waals surface area contributed by atoms with Crippen molar-refractivity contribution < 1.29 is 46.1 Å². The molecule has 1 heterocycles. The van der Waals surface area contributed by atoms with Gasteiger partial charge in [-0.25, -0.2) is 18.0 Å². The van der Waals surface area contributed by atoms with Crippen LogP contribution in [0, 0.1) is 0 Å². The fourth-order valence-corrected chi connectivity index (χ4v) is 4.22. The van der Waals surface area contributed by atoms with Crippen LogP contribution in [0.3, 0.4) is 0 Å². The summed E-state index contributed by atoms with van der Waals surface area (Å²) in [5.74, 6) is -3.29. The summed E-state index contributed by atoms with van der Waals surface area (Å²) in [5.41, 5.74) is 0.938. The van der Waals surface area contributed by atoms with Crippen LogP contribution in [0.25, 0.3) is 0 Å². The Morgan fingerprint density at radius 1 is 1.03 bits per heavy atom. The zero-order valence-electron chi connectivity index (χ0n) is 19.4. The van der Waals surface area contributed by atoms with Crippen molar-refractivity contribution in [1.82, 2.24) is 4.90 Å². The first-order chi connectivity index (χ1) is 16.7. The maximum atomic E-state index is 12.9. The van der Waals surface area contributed by atoms with E-state index in [0.717, 1.165) is 26.2 Å². The second-order valence-corrected chi connectivity index (χ2v) is 9.32. The number of nitrogens with zero attached hydrogens (tertiary/aromatic N) is 2. The van der Waals surface area contributed by atoms with Gasteiger partial charge in [0.1, 0.15) is 5.75 Å². The number of alkyl halides is 3. The number of likely N-dealkylation sites (N-methyl/N-ethyl adjacent to an activating group) is 1. The number of piperazine rings is 1. The molecule has 1 saturated heterocycles. The second kappa shape index (κ2) is 11.9. The van der Waals surface area contributed by atoms with Gasteiger partial charge >= 0.3 is 18.1 Å². The van der Waals surface area contributed by atoms with Gasteiger partial charge in [0.25, 0.3) is 10.0 Å². The molecule has 0 bridgehead atoms. The van der Waals surface area contributed by atoms with Gasteiger partial charge in [-0.3, -0.25) is 4.72 Å². The highest BCUT2D eigenvalue weighted by Crippen LogP contribution is 2.30. The lowest BCUT2D eigenvalue weighted by atomic mass is 10.1. The minimum atomic E-state index is -5.08. The van der Waals surface area contributed by atoms with E-state index in [4.69, 9.17) is 14.6 Å². The van der Waals surface area contributed by atoms with Crippen LogP contribution in [0.4, 0.5) is 24.5 Å². The van der Waals surface area contributed by atoms with Crippen LogP contribution < -0.4 is 14.4 Å². The molecule has 0 aromatic heterocycles. The first-order valence-corrected chi connectivity index (χ1v) is 12.1. The summed E-state index contributed by atoms with van der Waals surface area (Å²) in [7, 11) is -1.87. The zero-order valence-corrected chi connectivity index (χ0v) is 20.3. The monoisotopic (exact) mass is 533 g/mol. The van der Waals surface area contributed by atoms with Crippen molar-refractivity contribution in [3.8, 4) is 5.75 Å². The first kappa shape index (κ1) is 28.7. The van der Waals surface area contributed by atoms with Gasteiger partial charge in [-0.15, -0.1) is 0 Å². The van der Waals surface area contributed by atoms with Gasteiger partial charge in [0.05, 0.1) is 28.4 Å². The first-order valence-electron chi connectivity index (χ1n) is 10.6. The fourth-order valence-electron chi connectivity index (χ4n) is 3.16. The maximum Gasteiger partial charge on any atom is 0.490 e. The molecule has 198 valence electrons. The number of sulfonamides is 1. The Bertz CT molecular complexity index is 1160. The molecule has 2 aromatic carbocycles. The lowest BCUT2D eigenvalue weighted by molar-refractivity contribution is -0.192. The van der Waals surface area contributed by atoms with Gasteiger partial charge in [-0.2, -0.15) is 13.2 Å². The summed E-state index contributed by atoms with van der Waals surface area (Å²) < 4.78 is 65.5. The van der Waals surface area contributed by atoms with E-state index in [-0.39, 0.29) is 16.1 Å². The number of ether oxygens (including phenoxy) is 1. The van der Waals surface area contributed by atoms with Crippen molar-refractivity contribution in [3.05, 3.63) is 48.0 Å². The summed E-state index contributed by atoms with van der Waals surface area (Å²) in [6.07, 6.45) is -5.08. The van der Waals surface area contributed by atoms with Crippen LogP contribution in [0.2, 0.25) is 0 Å². The normalized spacial score (nSPS) is 14.4. The lowest BCUT2D eigenvalue weighted by Crippen LogP contribution is -2.44. The van der Waals surface area contributed by atoms with Crippen LogP contribution in [-0.4, -0.2) is 81.5 Å². The third-order valence-electron chi connectivity index (χ3n) is 5.02. The van der Waals surface area contributed by atoms with E-state index < -0.39 is 28.1 Å². The zero-order chi connectivity index (χ0) is 27.1. The van der Waals surface area contributed by atoms with Crippen LogP contribution in [0.1, 0.15) is 17.3 Å². The highest BCUT2D eigenvalue weighted by atomic mass is 32.2. The van der Waals surface area contributed by atoms with E-state index in [1.165, 1.54) is 24.3 Å². The molecule has 0 amide bonds. The average molecular weight is 534 g/mol. The number of carboxylic acid groups (broad SMARTS) is 2. The lowest BCUT2D eigenvalue weighted by Gasteiger charge is -2.35. The quantitative estimate of drug-likeness (QED) is 0.491. The summed E-state index contributed by atoms with van der Waals surface area (Å²) in [5, 5.41) is 16.5. The predicted octanol–water partition coefficient (Wildman–Crippen LogP) is 2.97. The molecule has 1 aliphatic rings. The van der Waals surface area contributed by atoms with Crippen molar-refractivity contribution >= 4 is 33.3 Å². The van der Waals surface area contributed by atoms with E-state index in [0.29, 0.717) is 18.0 Å². The smallest absolute Gasteiger partial charge is 0.490 e. The number of halogens is 3. The number of aliphatic carboxylic acids is 1. The SMILES string of the molecule is CCOc1ccc(S(=O)(=O)Nc2cc(C(=O)O)ccc2N2CCN(C)CC2)cc1.O=C(O)C(F)(F)F. The minimum absolute atomic E-state index is 0.0206. The molecular weight excluding hydrogens is 507 g/mol. The van der Waals surface area contributed by atoms with Crippen molar-refractivity contribution in [2.45, 2.75) is 18.0 Å². The molecule has 0 radical (unpaired) electrons. The van der Waals surface area contributed by atoms with E-state index in [2.05, 4.69) is 14.5 Å². The minimum Gasteiger partial charge on any atom is -0.494 e. The predicted molar refractivity (Wildman–Crippen MR) is 125 cm³/mol. The Morgan fingerprint density at radius 3 is 2.06 bits per heavy atom. The Labute approximate surface area is 205 Å². The van der Waals surface area contributed by atoms with Crippen molar-refractivity contribution in [2.75, 3.05) is 49.5 Å². The molecule has 10 nitrogen and oxygen atoms in total. The summed E-state index contributed by atoms with van der Waals surface area (Å²) in [4.78, 5) is 24.6. The highest BCUT2D eigenvalue weighted by Gasteiger charge is 2.38. The van der Waals surface area contributed by atoms with Crippen LogP contribution in [0.15, 0.2) is 47.4 Å². The molecule has 0 aliphatic carbocycles. The Kier molecular flexibility index (Phi) is 9.53. The number of hydrogen-bond donors (Lipinski definition) is 3. The van der Waals surface area contributed by atoms with Gasteiger partial charge in [0.15, 0.2) is 0 Å². The van der Waals surface area contributed by atoms with Crippen molar-refractivity contribution in [2.24, 2.45) is 0 Å². The molecule has 0 saturated carbocycles. The number of hydrogen-bond acceptors (Lipinski definition) is 7. The molecule has 2 aromatic rings. The largest absolute Gasteiger partial charge is 0.494 e. The van der Waals surface area contributed by atoms with Crippen LogP contribution in [0.5, 0.6) is 5.75 Å². The van der Waals surface area contributed by atoms with Gasteiger partial charge in [0.2, 0.25) is 0 Å². The molecular formula is C22H26F3N3O7S. The summed E-state index contributed by atoms with van der Waals surface area (Å²) in [6.45, 7) is 5.46. The Morgan fingerprint density at radius 2 is 1.58 bits per heavy atom. The fraction of sp³-hybridized carbons (Fsp3) is 0.364. The number of anilines is 2. The summed E-state index contributed by atoms with van der Waals surface area (Å²) >= 11 is 0. The molecule has 1 aliphatic heterocycles. The number of nitrogens with one attached hydrogen (secondary N) is 1. The van der Waals surface area contributed by atoms with Gasteiger partial charge in [-0.05, 0) is 56.4 Å². The molecule has 14 heteroatoms. The number of carboxylic acids is 2. The molecule has 3 rings (SSSR count). The van der Waals surface area contributed by atoms with E-state index >= 15 is 0 Å². The van der Waals surface area contributed by atoms with E-state index in [1.807, 2.05) is 14.0 Å². The van der Waals surface area contributed by atoms with Gasteiger partial charge in [0, 0.05) is 26.2 Å². The Balaban J connectivity index is 0.000000572. The topological polar surface area (TPSA) is 136 Å². The van der Waals surface area contributed by atoms with Crippen molar-refractivity contribution in [1.29, 1.82) is 0 Å². The van der Waals surface area contributed by atoms with E-state index in [1.54, 1.807) is 18.2 Å². The summed E-state index contributed by atoms with van der Waals surface area (Å²) in [6, 6.07) is 10.6. The number of benzene rings is 2. The molecule has 0 atom stereocenters. The van der Waals surface area contributed by atoms with E-state index in [9.17, 15) is 31.5 Å². The van der Waals surface area contributed by atoms with Crippen molar-refractivity contribution in [3.63, 3.8) is 0 Å². The maximum absolute atomic E-state index is 12.9.